The SMILES string of the molecule is CC(C)[C@H]1N[C@]2(c3ccccc3-n3c2nc2ccccc2c3=O)[C@H]2C(=O)N(c3ccc(C(=O)O)cc3)C(=O)[C@@H]12. The van der Waals surface area contributed by atoms with E-state index in [1.165, 1.54) is 29.2 Å². The predicted octanol–water partition coefficient (Wildman–Crippen LogP) is 3.07. The number of aromatic nitrogens is 2. The molecule has 9 nitrogen and oxygen atoms in total. The molecule has 7 rings (SSSR count). The van der Waals surface area contributed by atoms with E-state index in [1.54, 1.807) is 22.8 Å². The number of rotatable bonds is 3. The van der Waals surface area contributed by atoms with Crippen molar-refractivity contribution in [2.45, 2.75) is 25.4 Å². The fourth-order valence-corrected chi connectivity index (χ4v) is 6.73. The number of hydrogen-bond acceptors (Lipinski definition) is 6. The summed E-state index contributed by atoms with van der Waals surface area (Å²) in [5.41, 5.74) is 0.821. The van der Waals surface area contributed by atoms with Crippen LogP contribution in [0.25, 0.3) is 16.6 Å². The number of nitrogens with one attached hydrogen (secondary N) is 1. The molecule has 0 unspecified atom stereocenters. The molecule has 4 atom stereocenters. The summed E-state index contributed by atoms with van der Waals surface area (Å²) in [4.78, 5) is 59.7. The Morgan fingerprint density at radius 2 is 1.64 bits per heavy atom. The molecule has 2 N–H and O–H groups in total. The number of imide groups is 1. The molecule has 4 heterocycles. The molecule has 39 heavy (non-hydrogen) atoms. The van der Waals surface area contributed by atoms with Crippen LogP contribution in [-0.4, -0.2) is 38.5 Å². The molecule has 0 bridgehead atoms. The number of carboxylic acid groups (broad SMARTS) is 1. The van der Waals surface area contributed by atoms with Crippen LogP contribution in [0.1, 0.15) is 35.6 Å². The van der Waals surface area contributed by atoms with Crippen LogP contribution < -0.4 is 15.8 Å². The lowest BCUT2D eigenvalue weighted by molar-refractivity contribution is -0.123. The first-order chi connectivity index (χ1) is 18.8. The highest BCUT2D eigenvalue weighted by Crippen LogP contribution is 2.56. The molecule has 9 heteroatoms. The number of para-hydroxylation sites is 2. The Bertz CT molecular complexity index is 1790. The summed E-state index contributed by atoms with van der Waals surface area (Å²) in [6, 6.07) is 19.9. The molecule has 3 aromatic carbocycles. The average molecular weight is 521 g/mol. The topological polar surface area (TPSA) is 122 Å². The Balaban J connectivity index is 1.49. The molecular formula is C30H24N4O5. The van der Waals surface area contributed by atoms with Gasteiger partial charge in [0.1, 0.15) is 11.4 Å². The Labute approximate surface area is 222 Å². The lowest BCUT2D eigenvalue weighted by atomic mass is 9.75. The van der Waals surface area contributed by atoms with Crippen molar-refractivity contribution < 1.29 is 19.5 Å². The van der Waals surface area contributed by atoms with E-state index in [9.17, 15) is 24.3 Å². The second-order valence-corrected chi connectivity index (χ2v) is 10.7. The number of nitrogens with zero attached hydrogens (tertiary/aromatic N) is 3. The summed E-state index contributed by atoms with van der Waals surface area (Å²) in [6.45, 7) is 4.00. The largest absolute Gasteiger partial charge is 0.478 e. The van der Waals surface area contributed by atoms with E-state index < -0.39 is 29.3 Å². The van der Waals surface area contributed by atoms with Crippen LogP contribution in [0.3, 0.4) is 0 Å². The smallest absolute Gasteiger partial charge is 0.335 e. The van der Waals surface area contributed by atoms with Crippen molar-refractivity contribution in [3.05, 3.63) is 100 Å². The minimum atomic E-state index is -1.21. The van der Waals surface area contributed by atoms with Crippen molar-refractivity contribution in [2.24, 2.45) is 17.8 Å². The van der Waals surface area contributed by atoms with E-state index in [2.05, 4.69) is 5.32 Å². The molecule has 1 aromatic heterocycles. The first-order valence-corrected chi connectivity index (χ1v) is 12.9. The molecule has 0 aliphatic carbocycles. The van der Waals surface area contributed by atoms with Crippen LogP contribution >= 0.6 is 0 Å². The first-order valence-electron chi connectivity index (χ1n) is 12.9. The van der Waals surface area contributed by atoms with Gasteiger partial charge < -0.3 is 5.11 Å². The van der Waals surface area contributed by atoms with Crippen LogP contribution in [-0.2, 0) is 15.1 Å². The van der Waals surface area contributed by atoms with Crippen LogP contribution in [0.2, 0.25) is 0 Å². The number of hydrogen-bond donors (Lipinski definition) is 2. The van der Waals surface area contributed by atoms with Gasteiger partial charge in [-0.15, -0.1) is 0 Å². The zero-order valence-corrected chi connectivity index (χ0v) is 21.2. The van der Waals surface area contributed by atoms with Crippen molar-refractivity contribution in [2.75, 3.05) is 4.90 Å². The maximum Gasteiger partial charge on any atom is 0.335 e. The van der Waals surface area contributed by atoms with Gasteiger partial charge in [0.15, 0.2) is 0 Å². The molecule has 2 fully saturated rings. The van der Waals surface area contributed by atoms with Crippen molar-refractivity contribution in [3.8, 4) is 5.69 Å². The molecule has 2 saturated heterocycles. The highest BCUT2D eigenvalue weighted by molar-refractivity contribution is 6.23. The van der Waals surface area contributed by atoms with Gasteiger partial charge in [0.25, 0.3) is 5.56 Å². The third kappa shape index (κ3) is 2.90. The summed E-state index contributed by atoms with van der Waals surface area (Å²) in [7, 11) is 0. The minimum absolute atomic E-state index is 0.0173. The van der Waals surface area contributed by atoms with Crippen molar-refractivity contribution in [1.29, 1.82) is 0 Å². The van der Waals surface area contributed by atoms with E-state index in [-0.39, 0.29) is 29.0 Å². The molecular weight excluding hydrogens is 496 g/mol. The number of carboxylic acids is 1. The Morgan fingerprint density at radius 3 is 2.36 bits per heavy atom. The zero-order valence-electron chi connectivity index (χ0n) is 21.2. The number of carbonyl (C=O) groups excluding carboxylic acids is 2. The number of aromatic carboxylic acids is 1. The van der Waals surface area contributed by atoms with Gasteiger partial charge in [-0.05, 0) is 48.4 Å². The molecule has 4 aromatic rings. The van der Waals surface area contributed by atoms with Crippen LogP contribution in [0, 0.1) is 17.8 Å². The van der Waals surface area contributed by atoms with Gasteiger partial charge in [-0.3, -0.25) is 24.3 Å². The van der Waals surface area contributed by atoms with Gasteiger partial charge in [0, 0.05) is 11.6 Å². The molecule has 3 aliphatic rings. The third-order valence-corrected chi connectivity index (χ3v) is 8.39. The van der Waals surface area contributed by atoms with Gasteiger partial charge >= 0.3 is 5.97 Å². The van der Waals surface area contributed by atoms with E-state index >= 15 is 0 Å². The van der Waals surface area contributed by atoms with E-state index in [0.29, 0.717) is 28.1 Å². The maximum atomic E-state index is 14.3. The van der Waals surface area contributed by atoms with Crippen LogP contribution in [0.15, 0.2) is 77.6 Å². The molecule has 2 amide bonds. The molecule has 3 aliphatic heterocycles. The maximum absolute atomic E-state index is 14.3. The highest BCUT2D eigenvalue weighted by Gasteiger charge is 2.70. The van der Waals surface area contributed by atoms with Crippen LogP contribution in [0.4, 0.5) is 5.69 Å². The minimum Gasteiger partial charge on any atom is -0.478 e. The fraction of sp³-hybridized carbons (Fsp3) is 0.233. The summed E-state index contributed by atoms with van der Waals surface area (Å²) < 4.78 is 1.58. The van der Waals surface area contributed by atoms with E-state index in [0.717, 1.165) is 5.56 Å². The van der Waals surface area contributed by atoms with E-state index in [1.807, 2.05) is 44.2 Å². The molecule has 194 valence electrons. The van der Waals surface area contributed by atoms with Crippen LogP contribution in [0.5, 0.6) is 0 Å². The number of carbonyl (C=O) groups is 3. The van der Waals surface area contributed by atoms with Crippen molar-refractivity contribution >= 4 is 34.4 Å². The number of anilines is 1. The lowest BCUT2D eigenvalue weighted by Crippen LogP contribution is -2.51. The molecule has 1 spiro atoms. The second-order valence-electron chi connectivity index (χ2n) is 10.7. The first kappa shape index (κ1) is 23.5. The normalized spacial score (nSPS) is 25.0. The predicted molar refractivity (Wildman–Crippen MR) is 143 cm³/mol. The molecule has 0 saturated carbocycles. The summed E-state index contributed by atoms with van der Waals surface area (Å²) in [6.07, 6.45) is 0. The third-order valence-electron chi connectivity index (χ3n) is 8.39. The quantitative estimate of drug-likeness (QED) is 0.398. The number of amides is 2. The number of benzene rings is 3. The van der Waals surface area contributed by atoms with E-state index in [4.69, 9.17) is 4.98 Å². The zero-order chi connectivity index (χ0) is 27.2. The second kappa shape index (κ2) is 7.94. The van der Waals surface area contributed by atoms with Gasteiger partial charge in [-0.25, -0.2) is 14.7 Å². The van der Waals surface area contributed by atoms with Gasteiger partial charge in [0.05, 0.1) is 39.7 Å². The Kier molecular flexibility index (Phi) is 4.78. The van der Waals surface area contributed by atoms with Crippen molar-refractivity contribution in [3.63, 3.8) is 0 Å². The number of fused-ring (bicyclic) bond motifs is 8. The Hall–Kier alpha value is -4.63. The van der Waals surface area contributed by atoms with Crippen molar-refractivity contribution in [1.82, 2.24) is 14.9 Å². The van der Waals surface area contributed by atoms with Gasteiger partial charge in [-0.2, -0.15) is 0 Å². The fourth-order valence-electron chi connectivity index (χ4n) is 6.73. The average Bonchev–Trinajstić information content (AvgIpc) is 3.52. The van der Waals surface area contributed by atoms with Gasteiger partial charge in [0.2, 0.25) is 11.8 Å². The lowest BCUT2D eigenvalue weighted by Gasteiger charge is -2.32. The summed E-state index contributed by atoms with van der Waals surface area (Å²) in [5, 5.41) is 13.4. The summed E-state index contributed by atoms with van der Waals surface area (Å²) >= 11 is 0. The summed E-state index contributed by atoms with van der Waals surface area (Å²) in [5.74, 6) is -3.04. The standard InChI is InChI=1S/C30H24N4O5/c1-15(2)24-22-23(27(37)33(26(22)36)17-13-11-16(12-14-17)28(38)39)30(32-24)19-8-4-6-10-21(19)34-25(35)18-7-3-5-9-20(18)31-29(30)34/h3-15,22-24,32H,1-2H3,(H,38,39)/t22-,23-,24-,30-/m1/s1. The molecule has 0 radical (unpaired) electrons. The van der Waals surface area contributed by atoms with Gasteiger partial charge in [-0.1, -0.05) is 44.2 Å². The monoisotopic (exact) mass is 520 g/mol. The highest BCUT2D eigenvalue weighted by atomic mass is 16.4. The Morgan fingerprint density at radius 1 is 0.949 bits per heavy atom.